The lowest BCUT2D eigenvalue weighted by atomic mass is 10.0. The van der Waals surface area contributed by atoms with Crippen molar-refractivity contribution < 1.29 is 15.0 Å². The summed E-state index contributed by atoms with van der Waals surface area (Å²) in [6.45, 7) is 4.10. The minimum atomic E-state index is -1.18. The van der Waals surface area contributed by atoms with Gasteiger partial charge in [0.05, 0.1) is 0 Å². The first kappa shape index (κ1) is 10.4. The fourth-order valence-electron chi connectivity index (χ4n) is 0.770. The van der Waals surface area contributed by atoms with Gasteiger partial charge in [-0.15, -0.1) is 0 Å². The van der Waals surface area contributed by atoms with Crippen LogP contribution in [0.25, 0.3) is 0 Å². The summed E-state index contributed by atoms with van der Waals surface area (Å²) in [6.07, 6.45) is 1.00. The first-order valence-electron chi connectivity index (χ1n) is 3.98. The van der Waals surface area contributed by atoms with E-state index in [1.54, 1.807) is 0 Å². The number of carboxylic acids is 1. The highest BCUT2D eigenvalue weighted by Crippen LogP contribution is 2.10. The Morgan fingerprint density at radius 1 is 1.45 bits per heavy atom. The van der Waals surface area contributed by atoms with Crippen molar-refractivity contribution in [1.82, 2.24) is 0 Å². The average Bonchev–Trinajstić information content (AvgIpc) is 1.99. The molecule has 2 atom stereocenters. The van der Waals surface area contributed by atoms with Gasteiger partial charge in [-0.25, -0.2) is 4.79 Å². The van der Waals surface area contributed by atoms with E-state index < -0.39 is 12.1 Å². The Kier molecular flexibility index (Phi) is 4.86. The van der Waals surface area contributed by atoms with Crippen molar-refractivity contribution >= 4 is 5.97 Å². The van der Waals surface area contributed by atoms with Crippen molar-refractivity contribution in [1.29, 1.82) is 0 Å². The quantitative estimate of drug-likeness (QED) is 0.636. The Morgan fingerprint density at radius 3 is 2.36 bits per heavy atom. The Bertz CT molecular complexity index is 123. The van der Waals surface area contributed by atoms with E-state index >= 15 is 0 Å². The van der Waals surface area contributed by atoms with E-state index in [1.807, 2.05) is 0 Å². The number of rotatable bonds is 5. The predicted molar refractivity (Wildman–Crippen MR) is 42.3 cm³/mol. The highest BCUT2D eigenvalue weighted by molar-refractivity contribution is 5.71. The second-order valence-corrected chi connectivity index (χ2v) is 2.94. The van der Waals surface area contributed by atoms with Gasteiger partial charge in [0.1, 0.15) is 0 Å². The molecule has 66 valence electrons. The maximum atomic E-state index is 10.2. The maximum absolute atomic E-state index is 10.2. The molecule has 0 bridgehead atoms. The Labute approximate surface area is 67.0 Å². The number of aliphatic hydroxyl groups excluding tert-OH is 1. The molecule has 0 rings (SSSR count). The smallest absolute Gasteiger partial charge is 0.332 e. The number of aliphatic hydroxyl groups is 1. The van der Waals surface area contributed by atoms with E-state index in [4.69, 9.17) is 10.2 Å². The van der Waals surface area contributed by atoms with E-state index in [-0.39, 0.29) is 0 Å². The normalized spacial score (nSPS) is 15.9. The lowest BCUT2D eigenvalue weighted by Crippen LogP contribution is -2.19. The topological polar surface area (TPSA) is 57.5 Å². The van der Waals surface area contributed by atoms with Crippen molar-refractivity contribution in [3.63, 3.8) is 0 Å². The molecule has 0 amide bonds. The predicted octanol–water partition coefficient (Wildman–Crippen LogP) is 1.26. The van der Waals surface area contributed by atoms with Crippen molar-refractivity contribution in [2.75, 3.05) is 0 Å². The highest BCUT2D eigenvalue weighted by Gasteiger charge is 2.13. The van der Waals surface area contributed by atoms with Crippen LogP contribution in [0.1, 0.15) is 33.1 Å². The summed E-state index contributed by atoms with van der Waals surface area (Å²) in [6, 6.07) is 0. The molecule has 0 aliphatic heterocycles. The zero-order valence-electron chi connectivity index (χ0n) is 7.08. The van der Waals surface area contributed by atoms with Gasteiger partial charge in [-0.2, -0.15) is 0 Å². The Hall–Kier alpha value is -0.570. The molecule has 0 heterocycles. The van der Waals surface area contributed by atoms with Crippen LogP contribution in [0, 0.1) is 5.92 Å². The van der Waals surface area contributed by atoms with Crippen LogP contribution in [0.3, 0.4) is 0 Å². The molecule has 0 radical (unpaired) electrons. The van der Waals surface area contributed by atoms with Crippen LogP contribution >= 0.6 is 0 Å². The molecule has 0 spiro atoms. The molecule has 0 aromatic carbocycles. The number of hydrogen-bond donors (Lipinski definition) is 2. The average molecular weight is 160 g/mol. The molecule has 0 saturated heterocycles. The third kappa shape index (κ3) is 4.79. The van der Waals surface area contributed by atoms with E-state index in [0.717, 1.165) is 12.8 Å². The number of hydrogen-bond acceptors (Lipinski definition) is 2. The lowest BCUT2D eigenvalue weighted by Gasteiger charge is -2.09. The van der Waals surface area contributed by atoms with Crippen LogP contribution < -0.4 is 0 Å². The molecular formula is C8H16O3. The summed E-state index contributed by atoms with van der Waals surface area (Å²) in [5.74, 6) is -0.614. The van der Waals surface area contributed by atoms with Gasteiger partial charge < -0.3 is 10.2 Å². The molecule has 0 aliphatic carbocycles. The molecule has 11 heavy (non-hydrogen) atoms. The summed E-state index contributed by atoms with van der Waals surface area (Å²) < 4.78 is 0. The third-order valence-corrected chi connectivity index (χ3v) is 1.91. The van der Waals surface area contributed by atoms with E-state index in [1.165, 1.54) is 0 Å². The molecule has 0 fully saturated rings. The van der Waals surface area contributed by atoms with Crippen molar-refractivity contribution in [2.45, 2.75) is 39.2 Å². The van der Waals surface area contributed by atoms with E-state index in [2.05, 4.69) is 13.8 Å². The summed E-state index contributed by atoms with van der Waals surface area (Å²) in [4.78, 5) is 10.2. The highest BCUT2D eigenvalue weighted by atomic mass is 16.4. The Morgan fingerprint density at radius 2 is 2.00 bits per heavy atom. The molecule has 3 nitrogen and oxygen atoms in total. The minimum Gasteiger partial charge on any atom is -0.479 e. The summed E-state index contributed by atoms with van der Waals surface area (Å²) in [5.41, 5.74) is 0. The SMILES string of the molecule is CC[C@@H](C)CC[C@H](O)C(=O)O. The number of aliphatic carboxylic acids is 1. The van der Waals surface area contributed by atoms with Gasteiger partial charge in [0.2, 0.25) is 0 Å². The van der Waals surface area contributed by atoms with Crippen LogP contribution in [0.2, 0.25) is 0 Å². The molecule has 0 unspecified atom stereocenters. The molecule has 2 N–H and O–H groups in total. The molecule has 0 aromatic heterocycles. The van der Waals surface area contributed by atoms with Crippen molar-refractivity contribution in [3.05, 3.63) is 0 Å². The fourth-order valence-corrected chi connectivity index (χ4v) is 0.770. The first-order valence-corrected chi connectivity index (χ1v) is 3.98. The van der Waals surface area contributed by atoms with Crippen molar-refractivity contribution in [3.8, 4) is 0 Å². The molecule has 3 heteroatoms. The van der Waals surface area contributed by atoms with Gasteiger partial charge in [-0.1, -0.05) is 20.3 Å². The van der Waals surface area contributed by atoms with Gasteiger partial charge in [0, 0.05) is 0 Å². The fraction of sp³-hybridized carbons (Fsp3) is 0.875. The van der Waals surface area contributed by atoms with Gasteiger partial charge in [0.15, 0.2) is 6.10 Å². The van der Waals surface area contributed by atoms with Crippen molar-refractivity contribution in [2.24, 2.45) is 5.92 Å². The molecular weight excluding hydrogens is 144 g/mol. The van der Waals surface area contributed by atoms with Gasteiger partial charge in [0.25, 0.3) is 0 Å². The lowest BCUT2D eigenvalue weighted by molar-refractivity contribution is -0.147. The zero-order chi connectivity index (χ0) is 8.85. The standard InChI is InChI=1S/C8H16O3/c1-3-6(2)4-5-7(9)8(10)11/h6-7,9H,3-5H2,1-2H3,(H,10,11)/t6-,7+/m1/s1. The summed E-state index contributed by atoms with van der Waals surface area (Å²) in [7, 11) is 0. The first-order chi connectivity index (χ1) is 5.07. The van der Waals surface area contributed by atoms with Crippen LogP contribution in [0.4, 0.5) is 0 Å². The largest absolute Gasteiger partial charge is 0.479 e. The van der Waals surface area contributed by atoms with Gasteiger partial charge in [-0.05, 0) is 18.8 Å². The summed E-state index contributed by atoms with van der Waals surface area (Å²) in [5, 5.41) is 17.2. The third-order valence-electron chi connectivity index (χ3n) is 1.91. The van der Waals surface area contributed by atoms with Crippen LogP contribution in [-0.2, 0) is 4.79 Å². The zero-order valence-corrected chi connectivity index (χ0v) is 7.08. The monoisotopic (exact) mass is 160 g/mol. The van der Waals surface area contributed by atoms with E-state index in [0.29, 0.717) is 12.3 Å². The molecule has 0 saturated carbocycles. The van der Waals surface area contributed by atoms with E-state index in [9.17, 15) is 4.79 Å². The second-order valence-electron chi connectivity index (χ2n) is 2.94. The van der Waals surface area contributed by atoms with Gasteiger partial charge in [-0.3, -0.25) is 0 Å². The summed E-state index contributed by atoms with van der Waals surface area (Å²) >= 11 is 0. The van der Waals surface area contributed by atoms with Crippen LogP contribution in [-0.4, -0.2) is 22.3 Å². The Balaban J connectivity index is 3.45. The molecule has 0 aromatic rings. The minimum absolute atomic E-state index is 0.365. The van der Waals surface area contributed by atoms with Crippen LogP contribution in [0.5, 0.6) is 0 Å². The molecule has 0 aliphatic rings. The number of carbonyl (C=O) groups is 1. The second kappa shape index (κ2) is 5.13. The number of carboxylic acid groups (broad SMARTS) is 1. The van der Waals surface area contributed by atoms with Crippen LogP contribution in [0.15, 0.2) is 0 Å². The van der Waals surface area contributed by atoms with Gasteiger partial charge >= 0.3 is 5.97 Å². The maximum Gasteiger partial charge on any atom is 0.332 e.